The van der Waals surface area contributed by atoms with E-state index in [9.17, 15) is 0 Å². The van der Waals surface area contributed by atoms with Crippen molar-refractivity contribution in [2.24, 2.45) is 0 Å². The molecule has 4 nitrogen and oxygen atoms in total. The predicted octanol–water partition coefficient (Wildman–Crippen LogP) is 2.77. The zero-order valence-electron chi connectivity index (χ0n) is 10.4. The molecule has 0 saturated heterocycles. The van der Waals surface area contributed by atoms with Crippen molar-refractivity contribution in [1.82, 2.24) is 9.97 Å². The van der Waals surface area contributed by atoms with Gasteiger partial charge in [-0.1, -0.05) is 24.3 Å². The molecule has 0 unspecified atom stereocenters. The summed E-state index contributed by atoms with van der Waals surface area (Å²) in [7, 11) is 1.95. The summed E-state index contributed by atoms with van der Waals surface area (Å²) < 4.78 is 0.696. The highest BCUT2D eigenvalue weighted by atomic mass is 79.9. The van der Waals surface area contributed by atoms with E-state index in [1.54, 1.807) is 6.07 Å². The van der Waals surface area contributed by atoms with Crippen LogP contribution in [-0.4, -0.2) is 17.0 Å². The largest absolute Gasteiger partial charge is 0.383 e. The molecule has 0 amide bonds. The van der Waals surface area contributed by atoms with Gasteiger partial charge in [-0.05, 0) is 34.0 Å². The summed E-state index contributed by atoms with van der Waals surface area (Å²) in [5.41, 5.74) is 8.22. The smallest absolute Gasteiger partial charge is 0.228 e. The molecule has 0 saturated carbocycles. The van der Waals surface area contributed by atoms with Crippen molar-refractivity contribution in [2.75, 3.05) is 17.7 Å². The van der Waals surface area contributed by atoms with Gasteiger partial charge in [-0.3, -0.25) is 0 Å². The number of aromatic nitrogens is 2. The van der Waals surface area contributed by atoms with E-state index in [1.165, 1.54) is 11.1 Å². The Morgan fingerprint density at radius 1 is 1.28 bits per heavy atom. The van der Waals surface area contributed by atoms with E-state index in [1.807, 2.05) is 24.1 Å². The lowest BCUT2D eigenvalue weighted by atomic mass is 10.1. The number of rotatable bonds is 3. The van der Waals surface area contributed by atoms with Gasteiger partial charge in [-0.2, -0.15) is 4.98 Å². The number of nitrogens with zero attached hydrogens (tertiary/aromatic N) is 3. The third kappa shape index (κ3) is 2.98. The number of benzene rings is 1. The first-order valence-corrected chi connectivity index (χ1v) is 6.41. The fraction of sp³-hybridized carbons (Fsp3) is 0.231. The van der Waals surface area contributed by atoms with Gasteiger partial charge in [0.15, 0.2) is 0 Å². The molecule has 94 valence electrons. The summed E-state index contributed by atoms with van der Waals surface area (Å²) in [6, 6.07) is 9.95. The Kier molecular flexibility index (Phi) is 3.81. The molecule has 0 aliphatic heterocycles. The van der Waals surface area contributed by atoms with E-state index in [-0.39, 0.29) is 0 Å². The fourth-order valence-corrected chi connectivity index (χ4v) is 2.10. The van der Waals surface area contributed by atoms with Crippen molar-refractivity contribution in [3.8, 4) is 0 Å². The quantitative estimate of drug-likeness (QED) is 0.886. The Morgan fingerprint density at radius 2 is 2.00 bits per heavy atom. The SMILES string of the molecule is Cc1ccccc1CN(C)c1nc(N)cc(Br)n1. The molecule has 1 heterocycles. The van der Waals surface area contributed by atoms with Crippen molar-refractivity contribution in [3.63, 3.8) is 0 Å². The number of nitrogens with two attached hydrogens (primary N) is 1. The second-order valence-corrected chi connectivity index (χ2v) is 5.01. The lowest BCUT2D eigenvalue weighted by Gasteiger charge is -2.18. The average Bonchev–Trinajstić information content (AvgIpc) is 2.31. The van der Waals surface area contributed by atoms with E-state index in [0.717, 1.165) is 6.54 Å². The monoisotopic (exact) mass is 306 g/mol. The normalized spacial score (nSPS) is 10.4. The first kappa shape index (κ1) is 12.8. The van der Waals surface area contributed by atoms with Gasteiger partial charge in [0.1, 0.15) is 10.4 Å². The van der Waals surface area contributed by atoms with Gasteiger partial charge >= 0.3 is 0 Å². The summed E-state index contributed by atoms with van der Waals surface area (Å²) in [5.74, 6) is 1.08. The summed E-state index contributed by atoms with van der Waals surface area (Å²) >= 11 is 3.32. The van der Waals surface area contributed by atoms with Gasteiger partial charge in [-0.25, -0.2) is 4.98 Å². The average molecular weight is 307 g/mol. The molecule has 0 aliphatic rings. The number of hydrogen-bond donors (Lipinski definition) is 1. The zero-order valence-corrected chi connectivity index (χ0v) is 12.0. The maximum absolute atomic E-state index is 5.71. The first-order chi connectivity index (χ1) is 8.56. The number of halogens is 1. The summed E-state index contributed by atoms with van der Waals surface area (Å²) in [5, 5.41) is 0. The second-order valence-electron chi connectivity index (χ2n) is 4.20. The van der Waals surface area contributed by atoms with Crippen LogP contribution in [0.2, 0.25) is 0 Å². The van der Waals surface area contributed by atoms with Crippen LogP contribution in [0, 0.1) is 6.92 Å². The highest BCUT2D eigenvalue weighted by Gasteiger charge is 2.08. The molecule has 5 heteroatoms. The molecular weight excluding hydrogens is 292 g/mol. The maximum Gasteiger partial charge on any atom is 0.228 e. The van der Waals surface area contributed by atoms with Crippen LogP contribution in [-0.2, 0) is 6.54 Å². The van der Waals surface area contributed by atoms with Gasteiger partial charge in [0.25, 0.3) is 0 Å². The molecule has 0 bridgehead atoms. The van der Waals surface area contributed by atoms with Crippen LogP contribution in [0.4, 0.5) is 11.8 Å². The molecule has 0 spiro atoms. The van der Waals surface area contributed by atoms with Crippen LogP contribution < -0.4 is 10.6 Å². The van der Waals surface area contributed by atoms with E-state index in [2.05, 4.69) is 45.0 Å². The van der Waals surface area contributed by atoms with Gasteiger partial charge in [0.2, 0.25) is 5.95 Å². The summed E-state index contributed by atoms with van der Waals surface area (Å²) in [4.78, 5) is 10.5. The molecule has 1 aromatic carbocycles. The minimum atomic E-state index is 0.462. The number of aryl methyl sites for hydroxylation is 1. The standard InChI is InChI=1S/C13H15BrN4/c1-9-5-3-4-6-10(9)8-18(2)13-16-11(14)7-12(15)17-13/h3-7H,8H2,1-2H3,(H2,15,16,17). The second kappa shape index (κ2) is 5.35. The minimum Gasteiger partial charge on any atom is -0.383 e. The predicted molar refractivity (Wildman–Crippen MR) is 77.4 cm³/mol. The Morgan fingerprint density at radius 3 is 2.67 bits per heavy atom. The van der Waals surface area contributed by atoms with E-state index in [4.69, 9.17) is 5.73 Å². The van der Waals surface area contributed by atoms with Gasteiger partial charge in [0.05, 0.1) is 0 Å². The number of anilines is 2. The highest BCUT2D eigenvalue weighted by Crippen LogP contribution is 2.17. The highest BCUT2D eigenvalue weighted by molar-refractivity contribution is 9.10. The molecule has 0 aliphatic carbocycles. The maximum atomic E-state index is 5.71. The Balaban J connectivity index is 2.22. The number of hydrogen-bond acceptors (Lipinski definition) is 4. The Labute approximate surface area is 115 Å². The molecule has 18 heavy (non-hydrogen) atoms. The molecule has 0 radical (unpaired) electrons. The lowest BCUT2D eigenvalue weighted by molar-refractivity contribution is 0.859. The molecule has 1 aromatic heterocycles. The van der Waals surface area contributed by atoms with Crippen molar-refractivity contribution in [3.05, 3.63) is 46.1 Å². The van der Waals surface area contributed by atoms with Crippen LogP contribution in [0.3, 0.4) is 0 Å². The van der Waals surface area contributed by atoms with E-state index >= 15 is 0 Å². The van der Waals surface area contributed by atoms with Crippen molar-refractivity contribution >= 4 is 27.7 Å². The van der Waals surface area contributed by atoms with E-state index < -0.39 is 0 Å². The topological polar surface area (TPSA) is 55.0 Å². The molecule has 0 fully saturated rings. The third-order valence-electron chi connectivity index (χ3n) is 2.71. The number of nitrogen functional groups attached to an aromatic ring is 1. The van der Waals surface area contributed by atoms with Crippen molar-refractivity contribution in [2.45, 2.75) is 13.5 Å². The van der Waals surface area contributed by atoms with Crippen molar-refractivity contribution < 1.29 is 0 Å². The van der Waals surface area contributed by atoms with Gasteiger partial charge < -0.3 is 10.6 Å². The van der Waals surface area contributed by atoms with Crippen LogP contribution in [0.25, 0.3) is 0 Å². The van der Waals surface area contributed by atoms with Gasteiger partial charge in [-0.15, -0.1) is 0 Å². The zero-order chi connectivity index (χ0) is 13.1. The minimum absolute atomic E-state index is 0.462. The molecule has 2 N–H and O–H groups in total. The van der Waals surface area contributed by atoms with Crippen LogP contribution in [0.15, 0.2) is 34.9 Å². The van der Waals surface area contributed by atoms with Crippen LogP contribution in [0.1, 0.15) is 11.1 Å². The van der Waals surface area contributed by atoms with Crippen molar-refractivity contribution in [1.29, 1.82) is 0 Å². The van der Waals surface area contributed by atoms with Crippen LogP contribution >= 0.6 is 15.9 Å². The Bertz CT molecular complexity index is 536. The molecule has 0 atom stereocenters. The summed E-state index contributed by atoms with van der Waals surface area (Å²) in [6.45, 7) is 2.85. The van der Waals surface area contributed by atoms with Crippen LogP contribution in [0.5, 0.6) is 0 Å². The van der Waals surface area contributed by atoms with E-state index in [0.29, 0.717) is 16.4 Å². The lowest BCUT2D eigenvalue weighted by Crippen LogP contribution is -2.20. The fourth-order valence-electron chi connectivity index (χ4n) is 1.71. The van der Waals surface area contributed by atoms with Gasteiger partial charge in [0, 0.05) is 19.7 Å². The first-order valence-electron chi connectivity index (χ1n) is 5.62. The Hall–Kier alpha value is -1.62. The molecule has 2 rings (SSSR count). The third-order valence-corrected chi connectivity index (χ3v) is 3.12. The molecule has 2 aromatic rings. The summed E-state index contributed by atoms with van der Waals surface area (Å²) in [6.07, 6.45) is 0. The molecular formula is C13H15BrN4.